The van der Waals surface area contributed by atoms with Crippen molar-refractivity contribution in [2.45, 2.75) is 20.4 Å². The zero-order valence-corrected chi connectivity index (χ0v) is 13.2. The zero-order valence-electron chi connectivity index (χ0n) is 13.2. The molecule has 3 rings (SSSR count). The van der Waals surface area contributed by atoms with Gasteiger partial charge in [0.15, 0.2) is 0 Å². The molecule has 0 saturated carbocycles. The number of rotatable bonds is 6. The summed E-state index contributed by atoms with van der Waals surface area (Å²) >= 11 is 0. The third-order valence-corrected chi connectivity index (χ3v) is 3.33. The first-order valence-electron chi connectivity index (χ1n) is 7.55. The van der Waals surface area contributed by atoms with Crippen LogP contribution in [0.5, 0.6) is 5.88 Å². The van der Waals surface area contributed by atoms with E-state index in [4.69, 9.17) is 4.74 Å². The van der Waals surface area contributed by atoms with Gasteiger partial charge in [0.2, 0.25) is 5.88 Å². The van der Waals surface area contributed by atoms with Gasteiger partial charge in [0.25, 0.3) is 0 Å². The molecule has 0 aliphatic carbocycles. The maximum absolute atomic E-state index is 5.37. The monoisotopic (exact) mass is 309 g/mol. The van der Waals surface area contributed by atoms with E-state index >= 15 is 0 Å². The number of hydrogen-bond donors (Lipinski definition) is 1. The lowest BCUT2D eigenvalue weighted by atomic mass is 10.2. The summed E-state index contributed by atoms with van der Waals surface area (Å²) in [6.45, 7) is 5.09. The van der Waals surface area contributed by atoms with E-state index < -0.39 is 0 Å². The van der Waals surface area contributed by atoms with Crippen LogP contribution in [0.4, 0.5) is 5.82 Å². The fourth-order valence-corrected chi connectivity index (χ4v) is 2.27. The largest absolute Gasteiger partial charge is 0.477 e. The van der Waals surface area contributed by atoms with Gasteiger partial charge in [0.1, 0.15) is 5.82 Å². The molecule has 0 aliphatic heterocycles. The number of ether oxygens (including phenoxy) is 1. The minimum atomic E-state index is 0.522. The van der Waals surface area contributed by atoms with Crippen molar-refractivity contribution in [3.63, 3.8) is 0 Å². The normalized spacial score (nSPS) is 10.5. The summed E-state index contributed by atoms with van der Waals surface area (Å²) < 4.78 is 7.25. The maximum Gasteiger partial charge on any atom is 0.234 e. The Morgan fingerprint density at radius 2 is 2.04 bits per heavy atom. The molecule has 6 nitrogen and oxygen atoms in total. The van der Waals surface area contributed by atoms with Crippen LogP contribution >= 0.6 is 0 Å². The molecular formula is C17H19N5O. The second-order valence-corrected chi connectivity index (χ2v) is 5.06. The van der Waals surface area contributed by atoms with Gasteiger partial charge in [0.05, 0.1) is 30.4 Å². The first kappa shape index (κ1) is 15.0. The van der Waals surface area contributed by atoms with Crippen LogP contribution in [0.25, 0.3) is 5.69 Å². The number of benzene rings is 1. The van der Waals surface area contributed by atoms with Crippen LogP contribution in [0.3, 0.4) is 0 Å². The Hall–Kier alpha value is -2.89. The summed E-state index contributed by atoms with van der Waals surface area (Å²) in [5, 5.41) is 7.76. The van der Waals surface area contributed by atoms with E-state index in [9.17, 15) is 0 Å². The summed E-state index contributed by atoms with van der Waals surface area (Å²) in [6, 6.07) is 10.1. The molecule has 1 N–H and O–H groups in total. The van der Waals surface area contributed by atoms with Crippen LogP contribution in [0.1, 0.15) is 18.2 Å². The highest BCUT2D eigenvalue weighted by atomic mass is 16.5. The van der Waals surface area contributed by atoms with Crippen molar-refractivity contribution in [1.82, 2.24) is 19.7 Å². The number of hydrogen-bond acceptors (Lipinski definition) is 5. The molecule has 0 atom stereocenters. The molecule has 0 spiro atoms. The fraction of sp³-hybridized carbons (Fsp3) is 0.235. The van der Waals surface area contributed by atoms with Crippen LogP contribution in [0.2, 0.25) is 0 Å². The molecule has 0 unspecified atom stereocenters. The van der Waals surface area contributed by atoms with Crippen molar-refractivity contribution in [1.29, 1.82) is 0 Å². The lowest BCUT2D eigenvalue weighted by Crippen LogP contribution is -2.07. The predicted octanol–water partition coefficient (Wildman–Crippen LogP) is 2.98. The van der Waals surface area contributed by atoms with Gasteiger partial charge < -0.3 is 10.1 Å². The lowest BCUT2D eigenvalue weighted by molar-refractivity contribution is 0.325. The second kappa shape index (κ2) is 6.91. The SMILES string of the molecule is CCOc1cncc(NCc2ccccc2-n2ccc(C)n2)n1. The van der Waals surface area contributed by atoms with Crippen LogP contribution < -0.4 is 10.1 Å². The molecule has 3 aromatic rings. The van der Waals surface area contributed by atoms with Crippen molar-refractivity contribution in [2.75, 3.05) is 11.9 Å². The molecular weight excluding hydrogens is 290 g/mol. The Kier molecular flexibility index (Phi) is 4.52. The van der Waals surface area contributed by atoms with Crippen LogP contribution in [0, 0.1) is 6.92 Å². The Bertz CT molecular complexity index is 784. The van der Waals surface area contributed by atoms with E-state index in [1.54, 1.807) is 12.4 Å². The smallest absolute Gasteiger partial charge is 0.234 e. The Balaban J connectivity index is 1.77. The molecule has 118 valence electrons. The molecule has 0 saturated heterocycles. The second-order valence-electron chi connectivity index (χ2n) is 5.06. The fourth-order valence-electron chi connectivity index (χ4n) is 2.27. The van der Waals surface area contributed by atoms with E-state index in [0.717, 1.165) is 16.9 Å². The molecule has 0 amide bonds. The van der Waals surface area contributed by atoms with Gasteiger partial charge in [-0.25, -0.2) is 4.68 Å². The van der Waals surface area contributed by atoms with E-state index in [1.807, 2.05) is 49.0 Å². The minimum absolute atomic E-state index is 0.522. The molecule has 0 bridgehead atoms. The number of nitrogens with one attached hydrogen (secondary N) is 1. The number of para-hydroxylation sites is 1. The van der Waals surface area contributed by atoms with Gasteiger partial charge in [-0.15, -0.1) is 0 Å². The van der Waals surface area contributed by atoms with E-state index in [1.165, 1.54) is 0 Å². The van der Waals surface area contributed by atoms with Gasteiger partial charge >= 0.3 is 0 Å². The van der Waals surface area contributed by atoms with Crippen molar-refractivity contribution in [3.05, 3.63) is 60.2 Å². The molecule has 0 radical (unpaired) electrons. The van der Waals surface area contributed by atoms with E-state index in [0.29, 0.717) is 24.8 Å². The number of anilines is 1. The summed E-state index contributed by atoms with van der Waals surface area (Å²) in [7, 11) is 0. The summed E-state index contributed by atoms with van der Waals surface area (Å²) in [5.74, 6) is 1.20. The number of aryl methyl sites for hydroxylation is 1. The highest BCUT2D eigenvalue weighted by molar-refractivity contribution is 5.43. The Morgan fingerprint density at radius 3 is 2.83 bits per heavy atom. The van der Waals surface area contributed by atoms with E-state index in [-0.39, 0.29) is 0 Å². The third-order valence-electron chi connectivity index (χ3n) is 3.33. The number of aromatic nitrogens is 4. The molecule has 6 heteroatoms. The van der Waals surface area contributed by atoms with Gasteiger partial charge in [-0.1, -0.05) is 18.2 Å². The first-order valence-corrected chi connectivity index (χ1v) is 7.55. The molecule has 1 aromatic carbocycles. The predicted molar refractivity (Wildman–Crippen MR) is 88.8 cm³/mol. The molecule has 2 heterocycles. The third kappa shape index (κ3) is 3.66. The summed E-state index contributed by atoms with van der Waals surface area (Å²) in [5.41, 5.74) is 3.16. The number of nitrogens with zero attached hydrogens (tertiary/aromatic N) is 4. The molecule has 0 fully saturated rings. The standard InChI is InChI=1S/C17H19N5O/c1-3-23-17-12-18-11-16(20-17)19-10-14-6-4-5-7-15(14)22-9-8-13(2)21-22/h4-9,11-12H,3,10H2,1-2H3,(H,19,20). The van der Waals surface area contributed by atoms with Crippen LogP contribution in [-0.2, 0) is 6.54 Å². The van der Waals surface area contributed by atoms with Gasteiger partial charge in [-0.2, -0.15) is 10.1 Å². The zero-order chi connectivity index (χ0) is 16.1. The average molecular weight is 309 g/mol. The maximum atomic E-state index is 5.37. The van der Waals surface area contributed by atoms with E-state index in [2.05, 4.69) is 26.4 Å². The average Bonchev–Trinajstić information content (AvgIpc) is 3.00. The van der Waals surface area contributed by atoms with Crippen molar-refractivity contribution in [3.8, 4) is 11.6 Å². The quantitative estimate of drug-likeness (QED) is 0.758. The lowest BCUT2D eigenvalue weighted by Gasteiger charge is -2.11. The first-order chi connectivity index (χ1) is 11.3. The van der Waals surface area contributed by atoms with Gasteiger partial charge in [0, 0.05) is 12.7 Å². The Labute approximate surface area is 135 Å². The van der Waals surface area contributed by atoms with Gasteiger partial charge in [-0.3, -0.25) is 4.98 Å². The van der Waals surface area contributed by atoms with Crippen LogP contribution in [-0.4, -0.2) is 26.4 Å². The molecule has 0 aliphatic rings. The van der Waals surface area contributed by atoms with Crippen molar-refractivity contribution < 1.29 is 4.74 Å². The van der Waals surface area contributed by atoms with Crippen molar-refractivity contribution in [2.24, 2.45) is 0 Å². The Morgan fingerprint density at radius 1 is 1.17 bits per heavy atom. The summed E-state index contributed by atoms with van der Waals surface area (Å²) in [4.78, 5) is 8.50. The minimum Gasteiger partial charge on any atom is -0.477 e. The highest BCUT2D eigenvalue weighted by Crippen LogP contribution is 2.16. The van der Waals surface area contributed by atoms with Gasteiger partial charge in [-0.05, 0) is 31.5 Å². The molecule has 23 heavy (non-hydrogen) atoms. The van der Waals surface area contributed by atoms with Crippen LogP contribution in [0.15, 0.2) is 48.9 Å². The highest BCUT2D eigenvalue weighted by Gasteiger charge is 2.06. The van der Waals surface area contributed by atoms with Crippen molar-refractivity contribution >= 4 is 5.82 Å². The molecule has 2 aromatic heterocycles. The topological polar surface area (TPSA) is 64.9 Å². The summed E-state index contributed by atoms with van der Waals surface area (Å²) in [6.07, 6.45) is 5.25.